The van der Waals surface area contributed by atoms with Gasteiger partial charge in [0, 0.05) is 18.1 Å². The number of hydrogen-bond acceptors (Lipinski definition) is 4. The monoisotopic (exact) mass is 386 g/mol. The summed E-state index contributed by atoms with van der Waals surface area (Å²) in [6.07, 6.45) is -3.96. The molecule has 3 aromatic rings. The van der Waals surface area contributed by atoms with Crippen molar-refractivity contribution in [3.8, 4) is 11.5 Å². The van der Waals surface area contributed by atoms with Crippen molar-refractivity contribution in [2.24, 2.45) is 0 Å². The molecule has 4 rings (SSSR count). The fourth-order valence-electron chi connectivity index (χ4n) is 3.34. The third-order valence-corrected chi connectivity index (χ3v) is 4.75. The van der Waals surface area contributed by atoms with Gasteiger partial charge in [-0.2, -0.15) is 13.2 Å². The zero-order valence-electron chi connectivity index (χ0n) is 14.7. The molecule has 28 heavy (non-hydrogen) atoms. The van der Waals surface area contributed by atoms with Crippen LogP contribution in [0.3, 0.4) is 0 Å². The number of fused-ring (bicyclic) bond motifs is 1. The molecule has 0 fully saturated rings. The molecule has 1 aliphatic rings. The highest BCUT2D eigenvalue weighted by molar-refractivity contribution is 5.84. The Hall–Kier alpha value is -3.35. The summed E-state index contributed by atoms with van der Waals surface area (Å²) in [5, 5.41) is 23.5. The second-order valence-corrected chi connectivity index (χ2v) is 6.62. The Morgan fingerprint density at radius 3 is 2.36 bits per heavy atom. The Morgan fingerprint density at radius 1 is 0.893 bits per heavy atom. The summed E-state index contributed by atoms with van der Waals surface area (Å²) in [6, 6.07) is 15.9. The van der Waals surface area contributed by atoms with E-state index in [1.807, 2.05) is 30.3 Å². The molecule has 0 saturated heterocycles. The Bertz CT molecular complexity index is 1020. The lowest BCUT2D eigenvalue weighted by molar-refractivity contribution is -0.137. The second-order valence-electron chi connectivity index (χ2n) is 6.62. The highest BCUT2D eigenvalue weighted by atomic mass is 19.4. The summed E-state index contributed by atoms with van der Waals surface area (Å²) >= 11 is 0. The first-order valence-electron chi connectivity index (χ1n) is 8.64. The van der Waals surface area contributed by atoms with Gasteiger partial charge in [0.15, 0.2) is 0 Å². The van der Waals surface area contributed by atoms with Crippen LogP contribution >= 0.6 is 0 Å². The molecule has 0 spiro atoms. The second kappa shape index (κ2) is 6.67. The molecule has 0 amide bonds. The number of phenolic OH excluding ortho intramolecular Hbond substituents is 2. The van der Waals surface area contributed by atoms with Crippen LogP contribution in [-0.4, -0.2) is 16.9 Å². The van der Waals surface area contributed by atoms with Gasteiger partial charge in [0.05, 0.1) is 29.3 Å². The normalized spacial score (nSPS) is 13.3. The first kappa shape index (κ1) is 18.0. The van der Waals surface area contributed by atoms with Crippen molar-refractivity contribution in [3.63, 3.8) is 0 Å². The Balaban J connectivity index is 1.70. The third-order valence-electron chi connectivity index (χ3n) is 4.75. The highest BCUT2D eigenvalue weighted by Gasteiger charge is 2.33. The van der Waals surface area contributed by atoms with Gasteiger partial charge >= 0.3 is 6.18 Å². The molecule has 0 bridgehead atoms. The van der Waals surface area contributed by atoms with E-state index in [0.29, 0.717) is 29.0 Å². The maximum absolute atomic E-state index is 12.9. The molecule has 0 aliphatic carbocycles. The van der Waals surface area contributed by atoms with Gasteiger partial charge in [-0.15, -0.1) is 0 Å². The van der Waals surface area contributed by atoms with Crippen LogP contribution in [-0.2, 0) is 12.6 Å². The maximum atomic E-state index is 12.9. The molecule has 1 heterocycles. The van der Waals surface area contributed by atoms with Gasteiger partial charge in [0.1, 0.15) is 11.5 Å². The standard InChI is InChI=1S/C21H17F3N2O2/c22-21(23,24)15-6-7-17-16(10-15)25-12-26(17)18-9-14(19(27)11-20(18)28)8-13-4-2-1-3-5-13/h1-7,9-11,25,27-28H,8,12H2. The van der Waals surface area contributed by atoms with E-state index in [4.69, 9.17) is 0 Å². The van der Waals surface area contributed by atoms with E-state index in [1.165, 1.54) is 12.1 Å². The van der Waals surface area contributed by atoms with Crippen LogP contribution in [0.1, 0.15) is 16.7 Å². The van der Waals surface area contributed by atoms with Crippen LogP contribution in [0.2, 0.25) is 0 Å². The predicted molar refractivity (Wildman–Crippen MR) is 101 cm³/mol. The van der Waals surface area contributed by atoms with Crippen molar-refractivity contribution in [1.29, 1.82) is 0 Å². The van der Waals surface area contributed by atoms with Crippen LogP contribution in [0.25, 0.3) is 0 Å². The number of nitrogens with one attached hydrogen (secondary N) is 1. The van der Waals surface area contributed by atoms with Crippen molar-refractivity contribution < 1.29 is 23.4 Å². The molecular formula is C21H17F3N2O2. The zero-order chi connectivity index (χ0) is 19.9. The molecule has 1 aliphatic heterocycles. The van der Waals surface area contributed by atoms with Crippen LogP contribution < -0.4 is 10.2 Å². The van der Waals surface area contributed by atoms with Gasteiger partial charge < -0.3 is 20.4 Å². The number of aromatic hydroxyl groups is 2. The first-order valence-corrected chi connectivity index (χ1v) is 8.64. The summed E-state index contributed by atoms with van der Waals surface area (Å²) in [5.74, 6) is -0.186. The summed E-state index contributed by atoms with van der Waals surface area (Å²) in [6.45, 7) is 0.208. The number of rotatable bonds is 3. The Morgan fingerprint density at radius 2 is 1.64 bits per heavy atom. The third kappa shape index (κ3) is 3.31. The molecule has 0 unspecified atom stereocenters. The van der Waals surface area contributed by atoms with E-state index in [1.54, 1.807) is 11.0 Å². The lowest BCUT2D eigenvalue weighted by Gasteiger charge is -2.21. The summed E-state index contributed by atoms with van der Waals surface area (Å²) in [7, 11) is 0. The fraction of sp³-hybridized carbons (Fsp3) is 0.143. The molecule has 0 radical (unpaired) electrons. The Kier molecular flexibility index (Phi) is 4.30. The van der Waals surface area contributed by atoms with Crippen molar-refractivity contribution in [2.75, 3.05) is 16.9 Å². The summed E-state index contributed by atoms with van der Waals surface area (Å²) < 4.78 is 38.8. The molecule has 0 saturated carbocycles. The number of nitrogens with zero attached hydrogens (tertiary/aromatic N) is 1. The van der Waals surface area contributed by atoms with Crippen molar-refractivity contribution >= 4 is 17.1 Å². The molecule has 0 atom stereocenters. The minimum Gasteiger partial charge on any atom is -0.508 e. The van der Waals surface area contributed by atoms with E-state index >= 15 is 0 Å². The Labute approximate surface area is 159 Å². The molecule has 0 aromatic heterocycles. The molecular weight excluding hydrogens is 369 g/mol. The smallest absolute Gasteiger partial charge is 0.416 e. The van der Waals surface area contributed by atoms with Crippen LogP contribution in [0.15, 0.2) is 60.7 Å². The van der Waals surface area contributed by atoms with Crippen LogP contribution in [0, 0.1) is 0 Å². The van der Waals surface area contributed by atoms with E-state index in [-0.39, 0.29) is 18.2 Å². The first-order chi connectivity index (χ1) is 13.3. The van der Waals surface area contributed by atoms with Gasteiger partial charge in [-0.05, 0) is 29.8 Å². The largest absolute Gasteiger partial charge is 0.508 e. The molecule has 144 valence electrons. The number of anilines is 3. The average molecular weight is 386 g/mol. The molecule has 7 heteroatoms. The zero-order valence-corrected chi connectivity index (χ0v) is 14.7. The summed E-state index contributed by atoms with van der Waals surface area (Å²) in [5.41, 5.74) is 2.14. The topological polar surface area (TPSA) is 55.7 Å². The van der Waals surface area contributed by atoms with Gasteiger partial charge in [-0.25, -0.2) is 0 Å². The van der Waals surface area contributed by atoms with Crippen LogP contribution in [0.5, 0.6) is 11.5 Å². The minimum absolute atomic E-state index is 0.0371. The summed E-state index contributed by atoms with van der Waals surface area (Å²) in [4.78, 5) is 1.68. The van der Waals surface area contributed by atoms with E-state index in [2.05, 4.69) is 5.32 Å². The number of benzene rings is 3. The quantitative estimate of drug-likeness (QED) is 0.577. The lowest BCUT2D eigenvalue weighted by atomic mass is 10.0. The molecule has 4 nitrogen and oxygen atoms in total. The fourth-order valence-corrected chi connectivity index (χ4v) is 3.34. The van der Waals surface area contributed by atoms with E-state index in [9.17, 15) is 23.4 Å². The highest BCUT2D eigenvalue weighted by Crippen LogP contribution is 2.45. The van der Waals surface area contributed by atoms with Crippen LogP contribution in [0.4, 0.5) is 30.2 Å². The number of halogens is 3. The van der Waals surface area contributed by atoms with E-state index in [0.717, 1.165) is 17.7 Å². The number of hydrogen-bond donors (Lipinski definition) is 3. The molecule has 3 aromatic carbocycles. The maximum Gasteiger partial charge on any atom is 0.416 e. The minimum atomic E-state index is -4.42. The van der Waals surface area contributed by atoms with Gasteiger partial charge in [0.25, 0.3) is 0 Å². The van der Waals surface area contributed by atoms with Gasteiger partial charge in [-0.1, -0.05) is 30.3 Å². The molecule has 3 N–H and O–H groups in total. The average Bonchev–Trinajstić information content (AvgIpc) is 3.07. The van der Waals surface area contributed by atoms with Gasteiger partial charge in [-0.3, -0.25) is 0 Å². The number of alkyl halides is 3. The number of phenols is 2. The van der Waals surface area contributed by atoms with Crippen molar-refractivity contribution in [2.45, 2.75) is 12.6 Å². The predicted octanol–water partition coefficient (Wildman–Crippen LogP) is 5.23. The SMILES string of the molecule is Oc1cc(O)c(N2CNc3cc(C(F)(F)F)ccc32)cc1Cc1ccccc1. The van der Waals surface area contributed by atoms with Crippen molar-refractivity contribution in [1.82, 2.24) is 0 Å². The van der Waals surface area contributed by atoms with Crippen molar-refractivity contribution in [3.05, 3.63) is 77.4 Å². The lowest BCUT2D eigenvalue weighted by Crippen LogP contribution is -2.16. The van der Waals surface area contributed by atoms with Gasteiger partial charge in [0.2, 0.25) is 0 Å². The van der Waals surface area contributed by atoms with E-state index < -0.39 is 11.7 Å².